The van der Waals surface area contributed by atoms with Gasteiger partial charge in [0, 0.05) is 10.9 Å². The summed E-state index contributed by atoms with van der Waals surface area (Å²) < 4.78 is 5.25. The number of nitrogens with one attached hydrogen (secondary N) is 2. The van der Waals surface area contributed by atoms with Crippen LogP contribution in [0.5, 0.6) is 5.75 Å². The van der Waals surface area contributed by atoms with Gasteiger partial charge in [0.1, 0.15) is 5.75 Å². The molecule has 0 saturated carbocycles. The highest BCUT2D eigenvalue weighted by Gasteiger charge is 2.10. The molecule has 0 spiro atoms. The molecule has 2 N–H and O–H groups in total. The highest BCUT2D eigenvalue weighted by molar-refractivity contribution is 5.84. The lowest BCUT2D eigenvalue weighted by molar-refractivity contribution is -0.120. The van der Waals surface area contributed by atoms with E-state index < -0.39 is 0 Å². The predicted octanol–water partition coefficient (Wildman–Crippen LogP) is 1.79. The lowest BCUT2D eigenvalue weighted by Gasteiger charge is -2.09. The molecule has 0 aliphatic heterocycles. The van der Waals surface area contributed by atoms with Crippen LogP contribution in [0, 0.1) is 0 Å². The molecule has 0 aliphatic rings. The lowest BCUT2D eigenvalue weighted by Crippen LogP contribution is -2.26. The zero-order valence-electron chi connectivity index (χ0n) is 13.2. The van der Waals surface area contributed by atoms with Gasteiger partial charge in [-0.3, -0.25) is 9.59 Å². The Morgan fingerprint density at radius 1 is 1.12 bits per heavy atom. The van der Waals surface area contributed by atoms with Gasteiger partial charge in [-0.25, -0.2) is 5.10 Å². The normalized spacial score (nSPS) is 10.5. The second-order valence-corrected chi connectivity index (χ2v) is 5.31. The van der Waals surface area contributed by atoms with Crippen molar-refractivity contribution in [2.24, 2.45) is 0 Å². The highest BCUT2D eigenvalue weighted by atomic mass is 16.5. The molecule has 0 aliphatic carbocycles. The van der Waals surface area contributed by atoms with Gasteiger partial charge in [0.05, 0.1) is 31.2 Å². The average molecular weight is 323 g/mol. The van der Waals surface area contributed by atoms with Crippen molar-refractivity contribution in [2.45, 2.75) is 13.0 Å². The van der Waals surface area contributed by atoms with Gasteiger partial charge in [0.15, 0.2) is 0 Å². The number of hydrogen-bond donors (Lipinski definition) is 2. The van der Waals surface area contributed by atoms with Crippen molar-refractivity contribution in [1.82, 2.24) is 15.5 Å². The van der Waals surface area contributed by atoms with Gasteiger partial charge in [0.25, 0.3) is 5.56 Å². The monoisotopic (exact) mass is 323 g/mol. The molecule has 6 nitrogen and oxygen atoms in total. The maximum absolute atomic E-state index is 12.2. The summed E-state index contributed by atoms with van der Waals surface area (Å²) in [6.45, 7) is 0.241. The van der Waals surface area contributed by atoms with E-state index in [1.165, 1.54) is 0 Å². The van der Waals surface area contributed by atoms with E-state index in [9.17, 15) is 9.59 Å². The minimum atomic E-state index is -0.241. The number of carbonyl (C=O) groups excluding carboxylic acids is 1. The van der Waals surface area contributed by atoms with E-state index in [0.717, 1.165) is 10.9 Å². The van der Waals surface area contributed by atoms with Crippen molar-refractivity contribution in [3.05, 3.63) is 70.1 Å². The molecular formula is C18H17N3O3. The third kappa shape index (κ3) is 3.27. The molecule has 0 atom stereocenters. The molecule has 0 bridgehead atoms. The van der Waals surface area contributed by atoms with E-state index in [1.807, 2.05) is 36.4 Å². The second-order valence-electron chi connectivity index (χ2n) is 5.31. The number of nitrogens with zero attached hydrogens (tertiary/aromatic N) is 1. The first-order chi connectivity index (χ1) is 11.7. The Hall–Kier alpha value is -3.15. The fraction of sp³-hybridized carbons (Fsp3) is 0.167. The minimum absolute atomic E-state index is 0.142. The maximum Gasteiger partial charge on any atom is 0.272 e. The molecule has 2 aromatic carbocycles. The van der Waals surface area contributed by atoms with Crippen LogP contribution in [0.2, 0.25) is 0 Å². The van der Waals surface area contributed by atoms with Crippen LogP contribution < -0.4 is 15.6 Å². The van der Waals surface area contributed by atoms with Gasteiger partial charge in [-0.1, -0.05) is 36.4 Å². The summed E-state index contributed by atoms with van der Waals surface area (Å²) >= 11 is 0. The predicted molar refractivity (Wildman–Crippen MR) is 90.9 cm³/mol. The summed E-state index contributed by atoms with van der Waals surface area (Å²) in [7, 11) is 1.58. The number of carbonyl (C=O) groups is 1. The Morgan fingerprint density at radius 2 is 1.83 bits per heavy atom. The number of amides is 1. The Balaban J connectivity index is 1.73. The second kappa shape index (κ2) is 6.95. The summed E-state index contributed by atoms with van der Waals surface area (Å²) in [6, 6.07) is 14.6. The zero-order valence-corrected chi connectivity index (χ0v) is 13.2. The molecule has 122 valence electrons. The van der Waals surface area contributed by atoms with Crippen LogP contribution >= 0.6 is 0 Å². The number of H-pyrrole nitrogens is 1. The quantitative estimate of drug-likeness (QED) is 0.750. The molecule has 24 heavy (non-hydrogen) atoms. The van der Waals surface area contributed by atoms with E-state index in [-0.39, 0.29) is 24.4 Å². The molecule has 3 rings (SSSR count). The third-order valence-corrected chi connectivity index (χ3v) is 3.77. The van der Waals surface area contributed by atoms with E-state index >= 15 is 0 Å². The first-order valence-electron chi connectivity index (χ1n) is 7.54. The fourth-order valence-corrected chi connectivity index (χ4v) is 2.57. The van der Waals surface area contributed by atoms with E-state index in [2.05, 4.69) is 15.5 Å². The van der Waals surface area contributed by atoms with E-state index in [4.69, 9.17) is 4.74 Å². The van der Waals surface area contributed by atoms with Crippen LogP contribution in [0.15, 0.2) is 53.3 Å². The lowest BCUT2D eigenvalue weighted by atomic mass is 10.1. The van der Waals surface area contributed by atoms with Crippen LogP contribution in [0.25, 0.3) is 10.8 Å². The SMILES string of the molecule is COc1ccccc1CC(=O)NCc1n[nH]c(=O)c2ccccc12. The molecule has 1 aromatic heterocycles. The number of methoxy groups -OCH3 is 1. The average Bonchev–Trinajstić information content (AvgIpc) is 2.62. The zero-order chi connectivity index (χ0) is 16.9. The summed E-state index contributed by atoms with van der Waals surface area (Å²) in [6.07, 6.45) is 0.214. The molecular weight excluding hydrogens is 306 g/mol. The van der Waals surface area contributed by atoms with Gasteiger partial charge in [-0.2, -0.15) is 5.10 Å². The fourth-order valence-electron chi connectivity index (χ4n) is 2.57. The van der Waals surface area contributed by atoms with E-state index in [0.29, 0.717) is 16.8 Å². The molecule has 1 amide bonds. The number of para-hydroxylation sites is 1. The number of aromatic amines is 1. The summed E-state index contributed by atoms with van der Waals surface area (Å²) in [5.41, 5.74) is 1.20. The number of aromatic nitrogens is 2. The molecule has 3 aromatic rings. The standard InChI is InChI=1S/C18H17N3O3/c1-24-16-9-5-2-6-12(16)10-17(22)19-11-15-13-7-3-4-8-14(13)18(23)21-20-15/h2-9H,10-11H2,1H3,(H,19,22)(H,21,23). The smallest absolute Gasteiger partial charge is 0.272 e. The Morgan fingerprint density at radius 3 is 2.62 bits per heavy atom. The van der Waals surface area contributed by atoms with Crippen molar-refractivity contribution >= 4 is 16.7 Å². The molecule has 0 fully saturated rings. The van der Waals surface area contributed by atoms with Crippen molar-refractivity contribution in [3.8, 4) is 5.75 Å². The summed E-state index contributed by atoms with van der Waals surface area (Å²) in [5, 5.41) is 10.6. The molecule has 6 heteroatoms. The van der Waals surface area contributed by atoms with Crippen LogP contribution in [0.4, 0.5) is 0 Å². The Bertz CT molecular complexity index is 934. The van der Waals surface area contributed by atoms with Crippen molar-refractivity contribution in [3.63, 3.8) is 0 Å². The molecule has 0 radical (unpaired) electrons. The largest absolute Gasteiger partial charge is 0.496 e. The van der Waals surface area contributed by atoms with Gasteiger partial charge >= 0.3 is 0 Å². The van der Waals surface area contributed by atoms with Crippen molar-refractivity contribution in [1.29, 1.82) is 0 Å². The number of rotatable bonds is 5. The van der Waals surface area contributed by atoms with Gasteiger partial charge in [-0.15, -0.1) is 0 Å². The van der Waals surface area contributed by atoms with Gasteiger partial charge in [-0.05, 0) is 12.1 Å². The van der Waals surface area contributed by atoms with E-state index in [1.54, 1.807) is 19.2 Å². The first-order valence-corrected chi connectivity index (χ1v) is 7.54. The van der Waals surface area contributed by atoms with Gasteiger partial charge in [0.2, 0.25) is 5.91 Å². The molecule has 0 saturated heterocycles. The topological polar surface area (TPSA) is 84.1 Å². The van der Waals surface area contributed by atoms with Crippen LogP contribution in [0.1, 0.15) is 11.3 Å². The van der Waals surface area contributed by atoms with Crippen molar-refractivity contribution in [2.75, 3.05) is 7.11 Å². The maximum atomic E-state index is 12.2. The summed E-state index contributed by atoms with van der Waals surface area (Å²) in [4.78, 5) is 24.0. The minimum Gasteiger partial charge on any atom is -0.496 e. The number of benzene rings is 2. The van der Waals surface area contributed by atoms with Crippen LogP contribution in [0.3, 0.4) is 0 Å². The van der Waals surface area contributed by atoms with Gasteiger partial charge < -0.3 is 10.1 Å². The Kier molecular flexibility index (Phi) is 4.56. The molecule has 0 unspecified atom stereocenters. The number of ether oxygens (including phenoxy) is 1. The highest BCUT2D eigenvalue weighted by Crippen LogP contribution is 2.18. The Labute approximate surface area is 138 Å². The van der Waals surface area contributed by atoms with Crippen LogP contribution in [-0.4, -0.2) is 23.2 Å². The van der Waals surface area contributed by atoms with Crippen molar-refractivity contribution < 1.29 is 9.53 Å². The third-order valence-electron chi connectivity index (χ3n) is 3.77. The van der Waals surface area contributed by atoms with Crippen LogP contribution in [-0.2, 0) is 17.8 Å². The molecule has 1 heterocycles. The number of fused-ring (bicyclic) bond motifs is 1. The summed E-state index contributed by atoms with van der Waals surface area (Å²) in [5.74, 6) is 0.539. The first kappa shape index (κ1) is 15.7. The number of hydrogen-bond acceptors (Lipinski definition) is 4.